The fraction of sp³-hybridized carbons (Fsp3) is 0.467. The van der Waals surface area contributed by atoms with Crippen LogP contribution in [-0.2, 0) is 25.7 Å². The number of nitrogens with one attached hydrogen (secondary N) is 3. The van der Waals surface area contributed by atoms with E-state index < -0.39 is 24.3 Å². The Labute approximate surface area is 348 Å². The van der Waals surface area contributed by atoms with Gasteiger partial charge in [-0.2, -0.15) is 4.79 Å². The van der Waals surface area contributed by atoms with Crippen molar-refractivity contribution >= 4 is 45.8 Å². The van der Waals surface area contributed by atoms with Gasteiger partial charge in [0.25, 0.3) is 5.91 Å². The second kappa shape index (κ2) is 16.2. The third-order valence-corrected chi connectivity index (χ3v) is 12.5. The number of hydrogen-bond acceptors (Lipinski definition) is 9. The largest absolute Gasteiger partial charge is 0.513 e. The van der Waals surface area contributed by atoms with Crippen molar-refractivity contribution in [2.45, 2.75) is 97.6 Å². The summed E-state index contributed by atoms with van der Waals surface area (Å²) in [6.07, 6.45) is 3.02. The molecule has 2 aromatic heterocycles. The average Bonchev–Trinajstić information content (AvgIpc) is 4.05. The van der Waals surface area contributed by atoms with Crippen LogP contribution in [0.4, 0.5) is 9.59 Å². The zero-order valence-electron chi connectivity index (χ0n) is 35.5. The topological polar surface area (TPSA) is 188 Å². The molecule has 6 atom stereocenters. The highest BCUT2D eigenvalue weighted by molar-refractivity contribution is 6.07. The summed E-state index contributed by atoms with van der Waals surface area (Å²) in [5.41, 5.74) is 6.61. The minimum absolute atomic E-state index is 0.0245. The zero-order valence-corrected chi connectivity index (χ0v) is 35.5. The third-order valence-electron chi connectivity index (χ3n) is 12.5. The maximum Gasteiger partial charge on any atom is 0.513 e. The number of H-pyrrole nitrogens is 2. The van der Waals surface area contributed by atoms with Crippen molar-refractivity contribution in [3.8, 4) is 28.1 Å². The molecule has 5 N–H and O–H groups in total. The van der Waals surface area contributed by atoms with Crippen LogP contribution in [-0.4, -0.2) is 92.6 Å². The number of likely N-dealkylation sites (tertiary alicyclic amines) is 2. The van der Waals surface area contributed by atoms with Gasteiger partial charge >= 0.3 is 12.2 Å². The molecule has 3 aliphatic rings. The predicted octanol–water partition coefficient (Wildman–Crippen LogP) is 6.36. The molecule has 0 aliphatic carbocycles. The number of carbonyl (C=O) groups excluding carboxylic acids is 4. The number of nitrogens with two attached hydrogens (primary N) is 1. The number of alkyl carbamates (subject to hydrolysis) is 1. The molecule has 8 rings (SSSR count). The van der Waals surface area contributed by atoms with Gasteiger partial charge < -0.3 is 39.3 Å². The van der Waals surface area contributed by atoms with Gasteiger partial charge in [-0.1, -0.05) is 52.8 Å². The molecule has 0 saturated carbocycles. The van der Waals surface area contributed by atoms with Crippen molar-refractivity contribution in [2.24, 2.45) is 17.8 Å². The fourth-order valence-corrected chi connectivity index (χ4v) is 9.27. The molecular weight excluding hydrogens is 765 g/mol. The van der Waals surface area contributed by atoms with Crippen LogP contribution >= 0.6 is 0 Å². The predicted molar refractivity (Wildman–Crippen MR) is 225 cm³/mol. The highest BCUT2D eigenvalue weighted by Crippen LogP contribution is 2.44. The van der Waals surface area contributed by atoms with Gasteiger partial charge in [-0.15, -0.1) is 0 Å². The summed E-state index contributed by atoms with van der Waals surface area (Å²) in [7, 11) is 2.62. The first-order valence-electron chi connectivity index (χ1n) is 20.9. The summed E-state index contributed by atoms with van der Waals surface area (Å²) in [5, 5.41) is 6.09. The first-order chi connectivity index (χ1) is 28.8. The van der Waals surface area contributed by atoms with Crippen LogP contribution in [0.15, 0.2) is 48.7 Å². The van der Waals surface area contributed by atoms with Crippen molar-refractivity contribution in [2.75, 3.05) is 20.8 Å². The number of primary amides is 1. The highest BCUT2D eigenvalue weighted by Gasteiger charge is 2.43. The molecule has 2 fully saturated rings. The molecule has 0 spiro atoms. The lowest BCUT2D eigenvalue weighted by molar-refractivity contribution is -0.601. The molecule has 3 aromatic carbocycles. The van der Waals surface area contributed by atoms with Crippen LogP contribution in [0.2, 0.25) is 0 Å². The molecule has 1 unspecified atom stereocenters. The Morgan fingerprint density at radius 3 is 2.43 bits per heavy atom. The Morgan fingerprint density at radius 1 is 0.900 bits per heavy atom. The summed E-state index contributed by atoms with van der Waals surface area (Å²) >= 11 is 0. The molecule has 3 aliphatic heterocycles. The Kier molecular flexibility index (Phi) is 11.0. The van der Waals surface area contributed by atoms with Crippen molar-refractivity contribution < 1.29 is 38.7 Å². The number of fused-ring (bicyclic) bond motifs is 6. The van der Waals surface area contributed by atoms with Crippen LogP contribution in [0.1, 0.15) is 90.1 Å². The fourth-order valence-electron chi connectivity index (χ4n) is 9.27. The van der Waals surface area contributed by atoms with Gasteiger partial charge in [-0.3, -0.25) is 9.59 Å². The molecule has 0 radical (unpaired) electrons. The number of aromatic amines is 2. The molecule has 4 amide bonds. The van der Waals surface area contributed by atoms with Gasteiger partial charge in [0.05, 0.1) is 49.2 Å². The third kappa shape index (κ3) is 7.43. The summed E-state index contributed by atoms with van der Waals surface area (Å²) in [6.45, 7) is 12.8. The van der Waals surface area contributed by atoms with Gasteiger partial charge in [-0.25, -0.2) is 20.1 Å². The molecule has 2 saturated heterocycles. The number of nitrogens with zero attached hydrogens (tertiary/aromatic N) is 4. The standard InChI is InChI=1S/C45H54N8O7/c1-22(2)37(50-44(56)58-7)42(54)52-20-24(5)15-35(52)40-46-19-33(48-40)27-10-12-29-28(16-27)21-60-36-18-30-26(17-31(29)36)11-13-32-39(30)49-41(47-32)34-14-9-25(6)53(34)43(55)38(23(3)4)51-45(57)59-8/h10-13,16-19,22-25,34-35,37-38H,9,14-15,20-21H2,1-8H3,(H,46,48)(H,47,49)(H,50,56)(H,51,57)/p+1/t24-,25-,34-,35-,37?,38-/m0/s1. The molecule has 316 valence electrons. The summed E-state index contributed by atoms with van der Waals surface area (Å²) in [5.74, 6) is 2.03. The van der Waals surface area contributed by atoms with E-state index in [2.05, 4.69) is 58.6 Å². The highest BCUT2D eigenvalue weighted by atomic mass is 16.5. The van der Waals surface area contributed by atoms with E-state index in [4.69, 9.17) is 24.2 Å². The molecule has 60 heavy (non-hydrogen) atoms. The number of aromatic nitrogens is 4. The van der Waals surface area contributed by atoms with Crippen molar-refractivity contribution in [1.82, 2.24) is 35.1 Å². The number of benzene rings is 3. The van der Waals surface area contributed by atoms with Crippen LogP contribution < -0.4 is 15.4 Å². The lowest BCUT2D eigenvalue weighted by Gasteiger charge is -2.32. The summed E-state index contributed by atoms with van der Waals surface area (Å²) < 4.78 is 16.1. The Balaban J connectivity index is 1.05. The summed E-state index contributed by atoms with van der Waals surface area (Å²) in [6, 6.07) is 12.8. The minimum Gasteiger partial charge on any atom is -0.488 e. The number of methoxy groups -OCH3 is 2. The van der Waals surface area contributed by atoms with E-state index in [1.165, 1.54) is 19.5 Å². The maximum absolute atomic E-state index is 14.0. The van der Waals surface area contributed by atoms with Crippen molar-refractivity contribution in [3.05, 3.63) is 65.9 Å². The second-order valence-corrected chi connectivity index (χ2v) is 17.3. The second-order valence-electron chi connectivity index (χ2n) is 17.3. The first kappa shape index (κ1) is 40.8. The van der Waals surface area contributed by atoms with Crippen LogP contribution in [0.5, 0.6) is 5.75 Å². The SMILES string of the molecule is COC(=O)N[C@H](C(=O)N1[C@@H](C)CC[C@H]1c1nc2c(ccc3cc4c(cc32)OCc2cc(-c3cnc([C@@H]5C[C@H](C)CN5C(=O)C([NH2+]C(=O)OC)C(C)C)[nH]3)ccc2-4)[nH]1)C(C)C. The minimum atomic E-state index is -0.725. The van der Waals surface area contributed by atoms with Crippen LogP contribution in [0, 0.1) is 17.8 Å². The molecule has 5 aromatic rings. The number of carbonyl (C=O) groups is 4. The van der Waals surface area contributed by atoms with E-state index in [0.717, 1.165) is 80.6 Å². The molecule has 0 bridgehead atoms. The van der Waals surface area contributed by atoms with Crippen LogP contribution in [0.3, 0.4) is 0 Å². The monoisotopic (exact) mass is 819 g/mol. The van der Waals surface area contributed by atoms with Crippen molar-refractivity contribution in [3.63, 3.8) is 0 Å². The normalized spacial score (nSPS) is 20.9. The number of ether oxygens (including phenoxy) is 3. The smallest absolute Gasteiger partial charge is 0.488 e. The zero-order chi connectivity index (χ0) is 42.6. The first-order valence-corrected chi connectivity index (χ1v) is 20.9. The number of amides is 4. The maximum atomic E-state index is 14.0. The van der Waals surface area contributed by atoms with Gasteiger partial charge in [0.15, 0.2) is 6.04 Å². The number of quaternary nitrogens is 1. The number of imidazole rings is 2. The van der Waals surface area contributed by atoms with E-state index >= 15 is 0 Å². The van der Waals surface area contributed by atoms with Gasteiger partial charge in [0, 0.05) is 29.5 Å². The molecule has 15 nitrogen and oxygen atoms in total. The van der Waals surface area contributed by atoms with E-state index in [-0.39, 0.29) is 47.7 Å². The van der Waals surface area contributed by atoms with Gasteiger partial charge in [0.1, 0.15) is 30.0 Å². The van der Waals surface area contributed by atoms with Crippen LogP contribution in [0.25, 0.3) is 44.2 Å². The van der Waals surface area contributed by atoms with E-state index in [9.17, 15) is 19.2 Å². The van der Waals surface area contributed by atoms with E-state index in [0.29, 0.717) is 19.0 Å². The van der Waals surface area contributed by atoms with E-state index in [1.807, 2.05) is 56.7 Å². The van der Waals surface area contributed by atoms with Gasteiger partial charge in [0.2, 0.25) is 5.91 Å². The molecular formula is C45H55N8O7+. The quantitative estimate of drug-likeness (QED) is 0.131. The average molecular weight is 820 g/mol. The lowest BCUT2D eigenvalue weighted by atomic mass is 9.92. The Bertz CT molecular complexity index is 2470. The number of hydrogen-bond donors (Lipinski definition) is 4. The lowest BCUT2D eigenvalue weighted by Crippen LogP contribution is -2.96. The molecule has 5 heterocycles. The number of rotatable bonds is 9. The Hall–Kier alpha value is -5.96. The van der Waals surface area contributed by atoms with E-state index in [1.54, 1.807) is 0 Å². The Morgan fingerprint density at radius 2 is 1.70 bits per heavy atom. The van der Waals surface area contributed by atoms with Gasteiger partial charge in [-0.05, 0) is 84.4 Å². The molecule has 15 heteroatoms. The van der Waals surface area contributed by atoms with Crippen molar-refractivity contribution in [1.29, 1.82) is 0 Å². The summed E-state index contributed by atoms with van der Waals surface area (Å²) in [4.78, 5) is 72.7.